The van der Waals surface area contributed by atoms with Crippen molar-refractivity contribution in [2.45, 2.75) is 32.1 Å². The number of benzene rings is 3. The maximum absolute atomic E-state index is 10.8. The summed E-state index contributed by atoms with van der Waals surface area (Å²) >= 11 is 0. The second kappa shape index (κ2) is 18.5. The van der Waals surface area contributed by atoms with Crippen molar-refractivity contribution in [1.29, 1.82) is 16.2 Å². The fourth-order valence-electron chi connectivity index (χ4n) is 3.08. The number of hydrogen-bond acceptors (Lipinski definition) is 7. The van der Waals surface area contributed by atoms with Gasteiger partial charge in [0.25, 0.3) is 0 Å². The molecule has 0 amide bonds. The molecule has 0 spiro atoms. The van der Waals surface area contributed by atoms with Crippen molar-refractivity contribution in [3.63, 3.8) is 0 Å². The van der Waals surface area contributed by atoms with Crippen LogP contribution in [0, 0.1) is 16.2 Å². The largest absolute Gasteiger partial charge is 0.481 e. The van der Waals surface area contributed by atoms with Crippen molar-refractivity contribution < 1.29 is 34.2 Å². The Morgan fingerprint density at radius 1 is 0.634 bits per heavy atom. The topological polar surface area (TPSA) is 217 Å². The van der Waals surface area contributed by atoms with Crippen LogP contribution in [0.4, 0.5) is 17.1 Å². The first-order valence-corrected chi connectivity index (χ1v) is 14.0. The number of carbonyl (C=O) groups excluding carboxylic acids is 1. The third-order valence-corrected chi connectivity index (χ3v) is 6.15. The third-order valence-electron chi connectivity index (χ3n) is 5.34. The van der Waals surface area contributed by atoms with E-state index in [1.54, 1.807) is 72.8 Å². The lowest BCUT2D eigenvalue weighted by atomic mass is 10.1. The number of aliphatic hydroxyl groups is 1. The van der Waals surface area contributed by atoms with Crippen LogP contribution in [0.15, 0.2) is 72.8 Å². The van der Waals surface area contributed by atoms with Gasteiger partial charge in [-0.15, -0.1) is 0 Å². The Balaban J connectivity index is 0.000000308. The number of aryl methyl sites for hydroxylation is 3. The standard InChI is InChI=1S/C10H11N2O2.C9H8N2O2.C8H9N2O3P/c11-12-9-4-1-8(2-5-9)3-6-10(14)7-13;10-11-8-4-1-7(2-5-8)3-6-9(12)13;9-10-8-3-1-7(2-4-8)5-6-14(11,12)13/h1-2,4-5,13H,3,6-7H2;1-2,4-5H,3,6H2;1-4H,5-6H2,(H-,11,12,13)/q+1;;/p+2. The highest BCUT2D eigenvalue weighted by molar-refractivity contribution is 7.51. The van der Waals surface area contributed by atoms with Gasteiger partial charge in [0.15, 0.2) is 20.7 Å². The smallest absolute Gasteiger partial charge is 0.385 e. The zero-order chi connectivity index (χ0) is 30.7. The number of hydrogen-bond donors (Lipinski definition) is 4. The molecule has 0 bridgehead atoms. The number of carbonyl (C=O) groups is 2. The Morgan fingerprint density at radius 3 is 1.27 bits per heavy atom. The minimum atomic E-state index is -3.92. The third kappa shape index (κ3) is 16.0. The van der Waals surface area contributed by atoms with Crippen molar-refractivity contribution >= 4 is 36.4 Å². The molecule has 0 atom stereocenters. The molecule has 0 aliphatic carbocycles. The summed E-state index contributed by atoms with van der Waals surface area (Å²) in [7, 11) is -3.92. The van der Waals surface area contributed by atoms with Gasteiger partial charge in [0.1, 0.15) is 6.61 Å². The lowest BCUT2D eigenvalue weighted by Gasteiger charge is -2.02. The normalized spacial score (nSPS) is 9.85. The van der Waals surface area contributed by atoms with Crippen LogP contribution in [0.1, 0.15) is 29.5 Å². The average Bonchev–Trinajstić information content (AvgIpc) is 2.98. The Bertz CT molecular complexity index is 1440. The number of carboxylic acids is 1. The van der Waals surface area contributed by atoms with Gasteiger partial charge in [0, 0.05) is 49.2 Å². The predicted octanol–water partition coefficient (Wildman–Crippen LogP) is 5.74. The molecular formula is C27H30N6O7P+3. The van der Waals surface area contributed by atoms with Crippen LogP contribution < -0.4 is 0 Å². The number of diazo groups is 3. The van der Waals surface area contributed by atoms with Gasteiger partial charge >= 0.3 is 30.6 Å². The van der Waals surface area contributed by atoms with Gasteiger partial charge in [-0.25, -0.2) is 0 Å². The fourth-order valence-corrected chi connectivity index (χ4v) is 3.63. The van der Waals surface area contributed by atoms with Gasteiger partial charge < -0.3 is 20.0 Å². The van der Waals surface area contributed by atoms with E-state index in [1.807, 2.05) is 0 Å². The van der Waals surface area contributed by atoms with E-state index in [9.17, 15) is 14.2 Å². The van der Waals surface area contributed by atoms with E-state index < -0.39 is 20.2 Å². The van der Waals surface area contributed by atoms with Gasteiger partial charge in [-0.2, -0.15) is 0 Å². The molecule has 3 rings (SSSR count). The summed E-state index contributed by atoms with van der Waals surface area (Å²) in [6.45, 7) is -0.399. The molecule has 212 valence electrons. The molecule has 0 aromatic heterocycles. The lowest BCUT2D eigenvalue weighted by Crippen LogP contribution is -2.04. The van der Waals surface area contributed by atoms with E-state index in [-0.39, 0.29) is 18.4 Å². The van der Waals surface area contributed by atoms with Gasteiger partial charge in [0.05, 0.1) is 6.16 Å². The van der Waals surface area contributed by atoms with Crippen LogP contribution in [0.25, 0.3) is 14.9 Å². The quantitative estimate of drug-likeness (QED) is 0.168. The van der Waals surface area contributed by atoms with Crippen LogP contribution in [-0.2, 0) is 33.4 Å². The molecule has 0 saturated heterocycles. The summed E-state index contributed by atoms with van der Waals surface area (Å²) in [5.41, 5.74) is 4.10. The summed E-state index contributed by atoms with van der Waals surface area (Å²) in [6, 6.07) is 20.2. The summed E-state index contributed by atoms with van der Waals surface area (Å²) in [4.78, 5) is 47.3. The van der Waals surface area contributed by atoms with Crippen molar-refractivity contribution in [3.05, 3.63) is 104 Å². The Morgan fingerprint density at radius 2 is 0.976 bits per heavy atom. The SMILES string of the molecule is N#[N+]c1ccc(CCC(=O)CO)cc1.N#[N+]c1ccc(CCC(=O)O)cc1.N#[N+]c1ccc(CCP(=O)(O)O)cc1. The highest BCUT2D eigenvalue weighted by Gasteiger charge is 2.13. The number of Topliss-reactive ketones (excluding diaryl/α,β-unsaturated/α-hetero) is 1. The molecule has 4 N–H and O–H groups in total. The molecular weight excluding hydrogens is 551 g/mol. The molecule has 13 nitrogen and oxygen atoms in total. The lowest BCUT2D eigenvalue weighted by molar-refractivity contribution is -0.137. The maximum Gasteiger partial charge on any atom is 0.385 e. The van der Waals surface area contributed by atoms with Crippen molar-refractivity contribution in [2.75, 3.05) is 12.8 Å². The van der Waals surface area contributed by atoms with E-state index in [1.165, 1.54) is 0 Å². The molecule has 3 aromatic carbocycles. The zero-order valence-electron chi connectivity index (χ0n) is 22.0. The van der Waals surface area contributed by atoms with Crippen LogP contribution in [-0.4, -0.2) is 44.5 Å². The van der Waals surface area contributed by atoms with Crippen LogP contribution in [0.3, 0.4) is 0 Å². The second-order valence-electron chi connectivity index (χ2n) is 8.53. The molecule has 0 saturated carbocycles. The molecule has 0 aliphatic heterocycles. The summed E-state index contributed by atoms with van der Waals surface area (Å²) < 4.78 is 10.6. The number of nitrogens with zero attached hydrogens (tertiary/aromatic N) is 6. The van der Waals surface area contributed by atoms with E-state index in [0.717, 1.165) is 16.7 Å². The Hall–Kier alpha value is -4.83. The van der Waals surface area contributed by atoms with Gasteiger partial charge in [-0.05, 0) is 36.0 Å². The average molecular weight is 582 g/mol. The molecule has 14 heteroatoms. The maximum atomic E-state index is 10.8. The number of ketones is 1. The molecule has 0 aliphatic rings. The number of rotatable bonds is 10. The van der Waals surface area contributed by atoms with E-state index in [2.05, 4.69) is 14.9 Å². The highest BCUT2D eigenvalue weighted by Crippen LogP contribution is 2.34. The van der Waals surface area contributed by atoms with Crippen LogP contribution >= 0.6 is 7.60 Å². The fraction of sp³-hybridized carbons (Fsp3) is 0.259. The molecule has 0 fully saturated rings. The van der Waals surface area contributed by atoms with E-state index in [0.29, 0.717) is 42.7 Å². The predicted molar refractivity (Wildman–Crippen MR) is 151 cm³/mol. The minimum Gasteiger partial charge on any atom is -0.481 e. The summed E-state index contributed by atoms with van der Waals surface area (Å²) in [5.74, 6) is -0.975. The van der Waals surface area contributed by atoms with Gasteiger partial charge in [-0.3, -0.25) is 14.2 Å². The van der Waals surface area contributed by atoms with E-state index in [4.69, 9.17) is 36.2 Å². The van der Waals surface area contributed by atoms with Crippen molar-refractivity contribution in [3.8, 4) is 0 Å². The first-order valence-electron chi connectivity index (χ1n) is 12.2. The second-order valence-corrected chi connectivity index (χ2v) is 10.3. The summed E-state index contributed by atoms with van der Waals surface area (Å²) in [5, 5.41) is 42.1. The molecule has 0 radical (unpaired) electrons. The first kappa shape index (κ1) is 34.2. The van der Waals surface area contributed by atoms with Crippen LogP contribution in [0.5, 0.6) is 0 Å². The molecule has 3 aromatic rings. The number of aliphatic hydroxyl groups excluding tert-OH is 1. The first-order chi connectivity index (χ1) is 19.5. The summed E-state index contributed by atoms with van der Waals surface area (Å²) in [6.07, 6.45) is 1.71. The Labute approximate surface area is 236 Å². The van der Waals surface area contributed by atoms with Crippen molar-refractivity contribution in [2.24, 2.45) is 0 Å². The monoisotopic (exact) mass is 581 g/mol. The molecule has 41 heavy (non-hydrogen) atoms. The number of carboxylic acid groups (broad SMARTS) is 1. The molecule has 0 heterocycles. The van der Waals surface area contributed by atoms with Crippen molar-refractivity contribution in [1.82, 2.24) is 0 Å². The van der Waals surface area contributed by atoms with Gasteiger partial charge in [-0.1, -0.05) is 36.4 Å². The molecule has 0 unspecified atom stereocenters. The highest BCUT2D eigenvalue weighted by atomic mass is 31.2. The van der Waals surface area contributed by atoms with Gasteiger partial charge in [0.2, 0.25) is 16.2 Å². The van der Waals surface area contributed by atoms with Crippen LogP contribution in [0.2, 0.25) is 0 Å². The van der Waals surface area contributed by atoms with E-state index >= 15 is 0 Å². The minimum absolute atomic E-state index is 0.121. The Kier molecular flexibility index (Phi) is 15.4. The number of aliphatic carboxylic acids is 1. The zero-order valence-corrected chi connectivity index (χ0v) is 22.9.